The number of aromatic nitrogens is 2. The zero-order chi connectivity index (χ0) is 14.1. The van der Waals surface area contributed by atoms with E-state index in [0.717, 1.165) is 47.9 Å². The second-order valence-electron chi connectivity index (χ2n) is 4.60. The minimum Gasteiger partial charge on any atom is -0.345 e. The summed E-state index contributed by atoms with van der Waals surface area (Å²) in [5.41, 5.74) is 0.845. The molecule has 1 saturated heterocycles. The van der Waals surface area contributed by atoms with Gasteiger partial charge in [0, 0.05) is 24.4 Å². The Labute approximate surface area is 134 Å². The van der Waals surface area contributed by atoms with Crippen LogP contribution >= 0.6 is 46.1 Å². The zero-order valence-electron chi connectivity index (χ0n) is 10.4. The molecule has 4 nitrogen and oxygen atoms in total. The maximum absolute atomic E-state index is 10.7. The van der Waals surface area contributed by atoms with E-state index in [2.05, 4.69) is 9.36 Å². The molecule has 0 saturated carbocycles. The molecule has 1 fully saturated rings. The van der Waals surface area contributed by atoms with E-state index in [1.807, 2.05) is 10.3 Å². The van der Waals surface area contributed by atoms with Gasteiger partial charge in [0.25, 0.3) is 0 Å². The highest BCUT2D eigenvalue weighted by molar-refractivity contribution is 7.12. The lowest BCUT2D eigenvalue weighted by Crippen LogP contribution is -2.31. The molecule has 0 radical (unpaired) electrons. The summed E-state index contributed by atoms with van der Waals surface area (Å²) in [6, 6.07) is 0. The molecule has 8 heteroatoms. The van der Waals surface area contributed by atoms with Crippen molar-refractivity contribution in [2.24, 2.45) is 0 Å². The molecule has 106 valence electrons. The molecule has 2 aromatic rings. The van der Waals surface area contributed by atoms with Gasteiger partial charge in [0.2, 0.25) is 6.41 Å². The highest BCUT2D eigenvalue weighted by Gasteiger charge is 2.23. The number of thiazole rings is 1. The number of hydrogen-bond acceptors (Lipinski definition) is 5. The van der Waals surface area contributed by atoms with Gasteiger partial charge in [-0.25, -0.2) is 4.98 Å². The van der Waals surface area contributed by atoms with Gasteiger partial charge in [-0.2, -0.15) is 4.37 Å². The molecule has 0 unspecified atom stereocenters. The van der Waals surface area contributed by atoms with E-state index in [1.54, 1.807) is 11.3 Å². The van der Waals surface area contributed by atoms with Gasteiger partial charge in [0.15, 0.2) is 5.15 Å². The Balaban J connectivity index is 1.77. The number of likely N-dealkylation sites (tertiary alicyclic amines) is 1. The predicted molar refractivity (Wildman–Crippen MR) is 82.9 cm³/mol. The van der Waals surface area contributed by atoms with Crippen molar-refractivity contribution < 1.29 is 4.79 Å². The Morgan fingerprint density at radius 2 is 2.10 bits per heavy atom. The van der Waals surface area contributed by atoms with Crippen LogP contribution in [0.25, 0.3) is 10.6 Å². The molecule has 0 aromatic carbocycles. The normalized spacial score (nSPS) is 16.6. The quantitative estimate of drug-likeness (QED) is 0.790. The molecule has 1 amide bonds. The van der Waals surface area contributed by atoms with Gasteiger partial charge in [0.05, 0.1) is 20.6 Å². The third-order valence-corrected chi connectivity index (χ3v) is 6.21. The average Bonchev–Trinajstić information content (AvgIpc) is 3.08. The van der Waals surface area contributed by atoms with Crippen molar-refractivity contribution in [3.05, 3.63) is 20.6 Å². The van der Waals surface area contributed by atoms with Gasteiger partial charge < -0.3 is 4.90 Å². The highest BCUT2D eigenvalue weighted by Crippen LogP contribution is 2.39. The number of carbonyl (C=O) groups is 1. The van der Waals surface area contributed by atoms with E-state index >= 15 is 0 Å². The first-order valence-corrected chi connectivity index (χ1v) is 8.55. The summed E-state index contributed by atoms with van der Waals surface area (Å²) < 4.78 is 4.03. The van der Waals surface area contributed by atoms with Crippen LogP contribution in [-0.2, 0) is 4.79 Å². The van der Waals surface area contributed by atoms with Gasteiger partial charge in [-0.3, -0.25) is 4.79 Å². The third-order valence-electron chi connectivity index (χ3n) is 3.38. The van der Waals surface area contributed by atoms with Crippen LogP contribution in [0.15, 0.2) is 5.38 Å². The Morgan fingerprint density at radius 3 is 2.70 bits per heavy atom. The SMILES string of the molecule is O=CN1CCC(c2nc(-c3snc(Cl)c3Cl)cs2)CC1. The Hall–Kier alpha value is -0.690. The second-order valence-corrected chi connectivity index (χ2v) is 7.00. The molecule has 0 atom stereocenters. The number of piperidine rings is 1. The molecule has 0 spiro atoms. The van der Waals surface area contributed by atoms with Crippen LogP contribution in [0.5, 0.6) is 0 Å². The van der Waals surface area contributed by atoms with Gasteiger partial charge in [0.1, 0.15) is 0 Å². The molecule has 20 heavy (non-hydrogen) atoms. The summed E-state index contributed by atoms with van der Waals surface area (Å²) >= 11 is 14.9. The van der Waals surface area contributed by atoms with Crippen LogP contribution in [0.3, 0.4) is 0 Å². The molecule has 1 aliphatic heterocycles. The number of carbonyl (C=O) groups excluding carboxylic acids is 1. The largest absolute Gasteiger partial charge is 0.345 e. The van der Waals surface area contributed by atoms with Gasteiger partial charge in [-0.1, -0.05) is 23.2 Å². The summed E-state index contributed by atoms with van der Waals surface area (Å²) in [5.74, 6) is 0.423. The van der Waals surface area contributed by atoms with Crippen LogP contribution in [0.4, 0.5) is 0 Å². The van der Waals surface area contributed by atoms with Crippen LogP contribution in [-0.4, -0.2) is 33.8 Å². The van der Waals surface area contributed by atoms with E-state index in [-0.39, 0.29) is 0 Å². The predicted octanol–water partition coefficient (Wildman–Crippen LogP) is 3.91. The standard InChI is InChI=1S/C12H11Cl2N3OS2/c13-9-10(20-16-11(9)14)8-5-19-12(15-8)7-1-3-17(6-18)4-2-7/h5-7H,1-4H2. The molecule has 3 rings (SSSR count). The molecular formula is C12H11Cl2N3OS2. The summed E-state index contributed by atoms with van der Waals surface area (Å²) in [4.78, 5) is 18.0. The lowest BCUT2D eigenvalue weighted by atomic mass is 9.98. The van der Waals surface area contributed by atoms with Gasteiger partial charge in [-0.05, 0) is 24.4 Å². The van der Waals surface area contributed by atoms with Crippen molar-refractivity contribution in [3.8, 4) is 10.6 Å². The van der Waals surface area contributed by atoms with E-state index in [4.69, 9.17) is 23.2 Å². The third kappa shape index (κ3) is 2.70. The maximum atomic E-state index is 10.7. The Morgan fingerprint density at radius 1 is 1.35 bits per heavy atom. The van der Waals surface area contributed by atoms with E-state index in [1.165, 1.54) is 11.5 Å². The topological polar surface area (TPSA) is 46.1 Å². The van der Waals surface area contributed by atoms with Crippen molar-refractivity contribution in [1.29, 1.82) is 0 Å². The van der Waals surface area contributed by atoms with Crippen molar-refractivity contribution in [3.63, 3.8) is 0 Å². The summed E-state index contributed by atoms with van der Waals surface area (Å²) in [7, 11) is 0. The first-order chi connectivity index (χ1) is 9.69. The molecule has 1 aliphatic rings. The molecule has 3 heterocycles. The smallest absolute Gasteiger partial charge is 0.209 e. The van der Waals surface area contributed by atoms with E-state index in [9.17, 15) is 4.79 Å². The molecule has 0 bridgehead atoms. The summed E-state index contributed by atoms with van der Waals surface area (Å²) in [5, 5.41) is 3.91. The van der Waals surface area contributed by atoms with Crippen LogP contribution < -0.4 is 0 Å². The van der Waals surface area contributed by atoms with Gasteiger partial charge >= 0.3 is 0 Å². The fraction of sp³-hybridized carbons (Fsp3) is 0.417. The summed E-state index contributed by atoms with van der Waals surface area (Å²) in [6.07, 6.45) is 2.84. The first-order valence-electron chi connectivity index (χ1n) is 6.15. The number of amides is 1. The number of rotatable bonds is 3. The minimum atomic E-state index is 0.334. The summed E-state index contributed by atoms with van der Waals surface area (Å²) in [6.45, 7) is 1.60. The Bertz CT molecular complexity index is 620. The van der Waals surface area contributed by atoms with Crippen LogP contribution in [0.2, 0.25) is 10.2 Å². The Kier molecular flexibility index (Phi) is 4.26. The molecule has 0 aliphatic carbocycles. The van der Waals surface area contributed by atoms with Crippen LogP contribution in [0, 0.1) is 0 Å². The number of hydrogen-bond donors (Lipinski definition) is 0. The number of nitrogens with zero attached hydrogens (tertiary/aromatic N) is 3. The second kappa shape index (κ2) is 5.97. The van der Waals surface area contributed by atoms with Crippen LogP contribution in [0.1, 0.15) is 23.8 Å². The fourth-order valence-electron chi connectivity index (χ4n) is 2.25. The van der Waals surface area contributed by atoms with Crippen molar-refractivity contribution in [2.45, 2.75) is 18.8 Å². The molecule has 2 aromatic heterocycles. The molecular weight excluding hydrogens is 337 g/mol. The fourth-order valence-corrected chi connectivity index (χ4v) is 4.49. The monoisotopic (exact) mass is 347 g/mol. The highest BCUT2D eigenvalue weighted by atomic mass is 35.5. The number of halogens is 2. The average molecular weight is 348 g/mol. The zero-order valence-corrected chi connectivity index (χ0v) is 13.5. The van der Waals surface area contributed by atoms with E-state index < -0.39 is 0 Å². The lowest BCUT2D eigenvalue weighted by molar-refractivity contribution is -0.119. The van der Waals surface area contributed by atoms with E-state index in [0.29, 0.717) is 16.1 Å². The van der Waals surface area contributed by atoms with Gasteiger partial charge in [-0.15, -0.1) is 11.3 Å². The molecule has 0 N–H and O–H groups in total. The maximum Gasteiger partial charge on any atom is 0.209 e. The minimum absolute atomic E-state index is 0.334. The van der Waals surface area contributed by atoms with Crippen molar-refractivity contribution in [1.82, 2.24) is 14.3 Å². The van der Waals surface area contributed by atoms with Crippen molar-refractivity contribution >= 4 is 52.5 Å². The van der Waals surface area contributed by atoms with Crippen molar-refractivity contribution in [2.75, 3.05) is 13.1 Å². The lowest BCUT2D eigenvalue weighted by Gasteiger charge is -2.27. The first kappa shape index (κ1) is 14.3.